The summed E-state index contributed by atoms with van der Waals surface area (Å²) < 4.78 is 0. The maximum absolute atomic E-state index is 14.3. The summed E-state index contributed by atoms with van der Waals surface area (Å²) in [6.45, 7) is 15.0. The molecule has 0 spiro atoms. The number of fused-ring (bicyclic) bond motifs is 3. The van der Waals surface area contributed by atoms with Gasteiger partial charge in [0.2, 0.25) is 11.6 Å². The first-order chi connectivity index (χ1) is 17.5. The van der Waals surface area contributed by atoms with Gasteiger partial charge in [-0.2, -0.15) is 0 Å². The Bertz CT molecular complexity index is 1300. The average Bonchev–Trinajstić information content (AvgIpc) is 2.77. The van der Waals surface area contributed by atoms with Crippen LogP contribution in [0, 0.1) is 28.6 Å². The van der Waals surface area contributed by atoms with E-state index in [-0.39, 0.29) is 40.6 Å². The Morgan fingerprint density at radius 1 is 1.08 bits per heavy atom. The second kappa shape index (κ2) is 9.18. The summed E-state index contributed by atoms with van der Waals surface area (Å²) >= 11 is 0. The van der Waals surface area contributed by atoms with Crippen molar-refractivity contribution in [3.8, 4) is 5.75 Å². The summed E-state index contributed by atoms with van der Waals surface area (Å²) in [6.07, 6.45) is 3.45. The van der Waals surface area contributed by atoms with E-state index in [1.807, 2.05) is 26.8 Å². The lowest BCUT2D eigenvalue weighted by Gasteiger charge is -2.60. The molecule has 0 heterocycles. The van der Waals surface area contributed by atoms with Gasteiger partial charge in [0.25, 0.3) is 0 Å². The van der Waals surface area contributed by atoms with Crippen molar-refractivity contribution in [2.24, 2.45) is 28.6 Å². The molecule has 0 saturated heterocycles. The average molecular weight is 523 g/mol. The summed E-state index contributed by atoms with van der Waals surface area (Å²) in [5.41, 5.74) is -2.04. The maximum atomic E-state index is 14.3. The van der Waals surface area contributed by atoms with Gasteiger partial charge in [-0.05, 0) is 74.5 Å². The number of Topliss-reactive ketones (excluding diaryl/α,β-unsaturated/α-hetero) is 3. The molecule has 0 amide bonds. The molecule has 0 bridgehead atoms. The van der Waals surface area contributed by atoms with Crippen molar-refractivity contribution in [1.29, 1.82) is 0 Å². The maximum Gasteiger partial charge on any atom is 0.206 e. The zero-order valence-corrected chi connectivity index (χ0v) is 24.0. The number of carbonyl (C=O) groups excluding carboxylic acids is 3. The van der Waals surface area contributed by atoms with Gasteiger partial charge in [-0.15, -0.1) is 0 Å². The highest BCUT2D eigenvalue weighted by molar-refractivity contribution is 6.33. The minimum absolute atomic E-state index is 0.0297. The molecule has 0 radical (unpaired) electrons. The number of allylic oxidation sites excluding steroid dienone is 1. The van der Waals surface area contributed by atoms with E-state index < -0.39 is 39.7 Å². The summed E-state index contributed by atoms with van der Waals surface area (Å²) in [5, 5.41) is 34.5. The first-order valence-corrected chi connectivity index (χ1v) is 13.8. The van der Waals surface area contributed by atoms with E-state index >= 15 is 0 Å². The van der Waals surface area contributed by atoms with Crippen molar-refractivity contribution in [2.75, 3.05) is 0 Å². The van der Waals surface area contributed by atoms with Crippen LogP contribution in [0.15, 0.2) is 28.9 Å². The lowest BCUT2D eigenvalue weighted by molar-refractivity contribution is -0.180. The van der Waals surface area contributed by atoms with Crippen LogP contribution in [-0.2, 0) is 27.2 Å². The van der Waals surface area contributed by atoms with E-state index in [2.05, 4.69) is 13.8 Å². The lowest BCUT2D eigenvalue weighted by Crippen LogP contribution is -2.70. The molecule has 3 N–H and O–H groups in total. The van der Waals surface area contributed by atoms with E-state index in [1.165, 1.54) is 13.0 Å². The van der Waals surface area contributed by atoms with E-state index in [0.717, 1.165) is 30.4 Å². The summed E-state index contributed by atoms with van der Waals surface area (Å²) in [5.74, 6) is -2.63. The number of phenols is 1. The Labute approximate surface area is 225 Å². The molecule has 6 nitrogen and oxygen atoms in total. The van der Waals surface area contributed by atoms with Crippen LogP contribution in [0.4, 0.5) is 0 Å². The molecule has 4 rings (SSSR count). The first-order valence-electron chi connectivity index (χ1n) is 13.8. The zero-order chi connectivity index (χ0) is 28.5. The van der Waals surface area contributed by atoms with E-state index in [1.54, 1.807) is 13.8 Å². The molecule has 3 aliphatic rings. The molecule has 1 saturated carbocycles. The fourth-order valence-electron chi connectivity index (χ4n) is 8.24. The van der Waals surface area contributed by atoms with Crippen LogP contribution < -0.4 is 0 Å². The number of phenolic OH excluding ortho intramolecular Hbond substituents is 1. The first kappa shape index (κ1) is 28.3. The van der Waals surface area contributed by atoms with Crippen molar-refractivity contribution in [3.05, 3.63) is 45.5 Å². The molecular weight excluding hydrogens is 480 g/mol. The van der Waals surface area contributed by atoms with Crippen LogP contribution in [0.5, 0.6) is 5.75 Å². The van der Waals surface area contributed by atoms with Crippen LogP contribution >= 0.6 is 0 Å². The highest BCUT2D eigenvalue weighted by Crippen LogP contribution is 2.65. The molecule has 0 unspecified atom stereocenters. The van der Waals surface area contributed by atoms with E-state index in [9.17, 15) is 29.7 Å². The molecular formula is C32H42O6. The number of aromatic hydroxyl groups is 1. The number of aliphatic hydroxyl groups excluding tert-OH is 1. The molecule has 0 aliphatic heterocycles. The topological polar surface area (TPSA) is 112 Å². The van der Waals surface area contributed by atoms with Gasteiger partial charge < -0.3 is 15.3 Å². The number of benzene rings is 1. The zero-order valence-electron chi connectivity index (χ0n) is 24.0. The van der Waals surface area contributed by atoms with Gasteiger partial charge in [-0.1, -0.05) is 59.6 Å². The molecule has 3 aliphatic carbocycles. The standard InChI is InChI=1S/C32H42O6/c1-16(2)10-9-11-20-12-13-22(34)24-21(20)14-30(7)15-31(8)25(17(3)4)18(5)23(19(6)33)28(36)32(31,38)29(37)26(30)27(24)35/h12-13,16-17,25,34-35,38H,9-11,14-15H2,1-8H3/t25-,30+,31+,32-/m1/s1. The number of hydrogen-bond acceptors (Lipinski definition) is 6. The minimum Gasteiger partial charge on any atom is -0.507 e. The fourth-order valence-corrected chi connectivity index (χ4v) is 8.24. The van der Waals surface area contributed by atoms with Crippen LogP contribution in [0.25, 0.3) is 5.76 Å². The van der Waals surface area contributed by atoms with Gasteiger partial charge in [0.15, 0.2) is 11.4 Å². The van der Waals surface area contributed by atoms with Gasteiger partial charge in [-0.3, -0.25) is 14.4 Å². The third kappa shape index (κ3) is 3.74. The summed E-state index contributed by atoms with van der Waals surface area (Å²) in [4.78, 5) is 40.8. The summed E-state index contributed by atoms with van der Waals surface area (Å²) in [7, 11) is 0. The van der Waals surface area contributed by atoms with Crippen LogP contribution in [0.1, 0.15) is 91.3 Å². The summed E-state index contributed by atoms with van der Waals surface area (Å²) in [6, 6.07) is 3.43. The fraction of sp³-hybridized carbons (Fsp3) is 0.594. The molecule has 1 fully saturated rings. The Morgan fingerprint density at radius 2 is 1.71 bits per heavy atom. The molecule has 1 aromatic carbocycles. The highest BCUT2D eigenvalue weighted by atomic mass is 16.3. The second-order valence-corrected chi connectivity index (χ2v) is 13.1. The van der Waals surface area contributed by atoms with Crippen molar-refractivity contribution in [2.45, 2.75) is 93.1 Å². The number of carbonyl (C=O) groups is 3. The molecule has 4 atom stereocenters. The lowest BCUT2D eigenvalue weighted by atomic mass is 9.42. The number of aryl methyl sites for hydroxylation is 1. The van der Waals surface area contributed by atoms with Crippen LogP contribution in [0.2, 0.25) is 0 Å². The molecule has 206 valence electrons. The van der Waals surface area contributed by atoms with Gasteiger partial charge in [0, 0.05) is 16.4 Å². The van der Waals surface area contributed by atoms with Gasteiger partial charge in [0.05, 0.1) is 11.1 Å². The monoisotopic (exact) mass is 522 g/mol. The third-order valence-electron chi connectivity index (χ3n) is 9.52. The van der Waals surface area contributed by atoms with Crippen molar-refractivity contribution in [1.82, 2.24) is 0 Å². The second-order valence-electron chi connectivity index (χ2n) is 13.1. The number of hydrogen-bond donors (Lipinski definition) is 3. The number of ketones is 3. The molecule has 38 heavy (non-hydrogen) atoms. The van der Waals surface area contributed by atoms with Gasteiger partial charge >= 0.3 is 0 Å². The Morgan fingerprint density at radius 3 is 2.26 bits per heavy atom. The third-order valence-corrected chi connectivity index (χ3v) is 9.52. The Hall–Kier alpha value is -2.73. The minimum atomic E-state index is -2.49. The van der Waals surface area contributed by atoms with Gasteiger partial charge in [0.1, 0.15) is 11.5 Å². The van der Waals surface area contributed by atoms with Crippen LogP contribution in [-0.4, -0.2) is 38.3 Å². The van der Waals surface area contributed by atoms with E-state index in [0.29, 0.717) is 17.9 Å². The number of aliphatic hydroxyl groups is 2. The van der Waals surface area contributed by atoms with E-state index in [4.69, 9.17) is 0 Å². The normalized spacial score (nSPS) is 31.1. The van der Waals surface area contributed by atoms with Crippen LogP contribution in [0.3, 0.4) is 0 Å². The Kier molecular flexibility index (Phi) is 6.83. The smallest absolute Gasteiger partial charge is 0.206 e. The van der Waals surface area contributed by atoms with Gasteiger partial charge in [-0.25, -0.2) is 0 Å². The van der Waals surface area contributed by atoms with Crippen molar-refractivity contribution < 1.29 is 29.7 Å². The largest absolute Gasteiger partial charge is 0.507 e. The Balaban J connectivity index is 1.96. The van der Waals surface area contributed by atoms with Crippen molar-refractivity contribution in [3.63, 3.8) is 0 Å². The van der Waals surface area contributed by atoms with Crippen molar-refractivity contribution >= 4 is 23.1 Å². The predicted molar refractivity (Wildman–Crippen MR) is 147 cm³/mol. The SMILES string of the molecule is CC(=O)C1=C(C)[C@@H](C(C)C)[C@]2(C)C[C@]3(C)Cc4c(CCCC(C)C)ccc(O)c4C(O)=C3C(=O)[C@]2(O)C1=O. The quantitative estimate of drug-likeness (QED) is 0.328. The predicted octanol–water partition coefficient (Wildman–Crippen LogP) is 5.67. The molecule has 0 aromatic heterocycles. The molecule has 6 heteroatoms. The number of rotatable bonds is 6. The molecule has 1 aromatic rings. The highest BCUT2D eigenvalue weighted by Gasteiger charge is 2.71.